The Balaban J connectivity index is 1.42. The summed E-state index contributed by atoms with van der Waals surface area (Å²) in [4.78, 5) is 28.9. The average Bonchev–Trinajstić information content (AvgIpc) is 2.79. The van der Waals surface area contributed by atoms with Crippen LogP contribution in [0.5, 0.6) is 11.5 Å². The molecule has 2 N–H and O–H groups in total. The number of halogens is 1. The van der Waals surface area contributed by atoms with Crippen LogP contribution in [0.15, 0.2) is 42.5 Å². The number of nitrogens with one attached hydrogen (secondary N) is 2. The van der Waals surface area contributed by atoms with Crippen molar-refractivity contribution in [1.29, 1.82) is 0 Å². The lowest BCUT2D eigenvalue weighted by Crippen LogP contribution is -2.49. The van der Waals surface area contributed by atoms with Crippen LogP contribution in [0.3, 0.4) is 0 Å². The molecule has 0 atom stereocenters. The number of rotatable bonds is 7. The van der Waals surface area contributed by atoms with E-state index in [1.54, 1.807) is 19.2 Å². The maximum absolute atomic E-state index is 12.2. The monoisotopic (exact) mass is 446 g/mol. The van der Waals surface area contributed by atoms with E-state index in [9.17, 15) is 9.59 Å². The van der Waals surface area contributed by atoms with Gasteiger partial charge in [-0.05, 0) is 30.3 Å². The Morgan fingerprint density at radius 2 is 1.68 bits per heavy atom. The highest BCUT2D eigenvalue weighted by Crippen LogP contribution is 2.28. The molecule has 2 aromatic carbocycles. The highest BCUT2D eigenvalue weighted by Gasteiger charge is 2.20. The van der Waals surface area contributed by atoms with Gasteiger partial charge in [0, 0.05) is 44.3 Å². The number of para-hydroxylation sites is 2. The van der Waals surface area contributed by atoms with E-state index in [1.165, 1.54) is 13.2 Å². The largest absolute Gasteiger partial charge is 0.495 e. The summed E-state index contributed by atoms with van der Waals surface area (Å²) >= 11 is 5.95. The number of carbonyl (C=O) groups is 2. The van der Waals surface area contributed by atoms with Crippen LogP contribution < -0.4 is 25.0 Å². The molecule has 1 aliphatic rings. The van der Waals surface area contributed by atoms with Crippen molar-refractivity contribution in [2.24, 2.45) is 0 Å². The molecule has 2 aromatic rings. The summed E-state index contributed by atoms with van der Waals surface area (Å²) in [7, 11) is 3.16. The van der Waals surface area contributed by atoms with Crippen LogP contribution in [0.2, 0.25) is 5.02 Å². The Morgan fingerprint density at radius 1 is 0.968 bits per heavy atom. The van der Waals surface area contributed by atoms with E-state index < -0.39 is 11.8 Å². The number of carbonyl (C=O) groups excluding carboxylic acids is 2. The van der Waals surface area contributed by atoms with E-state index in [-0.39, 0.29) is 0 Å². The van der Waals surface area contributed by atoms with Crippen molar-refractivity contribution in [3.8, 4) is 11.5 Å². The molecule has 0 aliphatic carbocycles. The quantitative estimate of drug-likeness (QED) is 0.635. The van der Waals surface area contributed by atoms with Crippen LogP contribution in [0, 0.1) is 0 Å². The summed E-state index contributed by atoms with van der Waals surface area (Å²) in [6.45, 7) is 4.50. The Bertz CT molecular complexity index is 916. The summed E-state index contributed by atoms with van der Waals surface area (Å²) in [6.07, 6.45) is 0. The van der Waals surface area contributed by atoms with Crippen molar-refractivity contribution >= 4 is 34.8 Å². The molecule has 2 amide bonds. The van der Waals surface area contributed by atoms with Gasteiger partial charge in [0.15, 0.2) is 0 Å². The number of hydrogen-bond donors (Lipinski definition) is 2. The number of ether oxygens (including phenoxy) is 2. The van der Waals surface area contributed by atoms with Gasteiger partial charge < -0.3 is 25.0 Å². The Hall–Kier alpha value is -2.97. The van der Waals surface area contributed by atoms with Gasteiger partial charge in [0.2, 0.25) is 0 Å². The number of hydrogen-bond acceptors (Lipinski definition) is 6. The number of benzene rings is 2. The highest BCUT2D eigenvalue weighted by atomic mass is 35.5. The van der Waals surface area contributed by atoms with Crippen LogP contribution in [0.4, 0.5) is 11.4 Å². The number of nitrogens with zero attached hydrogens (tertiary/aromatic N) is 2. The second-order valence-corrected chi connectivity index (χ2v) is 7.49. The van der Waals surface area contributed by atoms with Crippen LogP contribution in [-0.4, -0.2) is 70.2 Å². The van der Waals surface area contributed by atoms with Gasteiger partial charge in [0.25, 0.3) is 0 Å². The minimum absolute atomic E-state index is 0.350. The van der Waals surface area contributed by atoms with Crippen molar-refractivity contribution in [2.45, 2.75) is 0 Å². The fourth-order valence-corrected chi connectivity index (χ4v) is 3.64. The van der Waals surface area contributed by atoms with Gasteiger partial charge in [-0.3, -0.25) is 14.5 Å². The molecule has 31 heavy (non-hydrogen) atoms. The standard InChI is InChI=1S/C22H27ClN4O4/c1-30-19-8-7-16(23)15-17(19)25-22(29)21(28)24-9-10-26-11-13-27(14-12-26)18-5-3-4-6-20(18)31-2/h3-8,15H,9-14H2,1-2H3,(H,24,28)(H,25,29). The van der Waals surface area contributed by atoms with E-state index in [2.05, 4.69) is 26.5 Å². The fourth-order valence-electron chi connectivity index (χ4n) is 3.47. The van der Waals surface area contributed by atoms with Crippen LogP contribution in [0.25, 0.3) is 0 Å². The maximum atomic E-state index is 12.2. The van der Waals surface area contributed by atoms with Crippen molar-refractivity contribution in [3.05, 3.63) is 47.5 Å². The number of piperazine rings is 1. The summed E-state index contributed by atoms with van der Waals surface area (Å²) in [5, 5.41) is 5.63. The SMILES string of the molecule is COc1ccc(Cl)cc1NC(=O)C(=O)NCCN1CCN(c2ccccc2OC)CC1. The second kappa shape index (κ2) is 10.9. The summed E-state index contributed by atoms with van der Waals surface area (Å²) in [5.74, 6) is -0.166. The smallest absolute Gasteiger partial charge is 0.313 e. The molecule has 0 saturated carbocycles. The summed E-state index contributed by atoms with van der Waals surface area (Å²) in [5.41, 5.74) is 1.44. The van der Waals surface area contributed by atoms with Crippen molar-refractivity contribution in [2.75, 3.05) is 63.7 Å². The molecule has 0 aromatic heterocycles. The maximum Gasteiger partial charge on any atom is 0.313 e. The number of amides is 2. The Morgan fingerprint density at radius 3 is 2.39 bits per heavy atom. The predicted molar refractivity (Wildman–Crippen MR) is 121 cm³/mol. The molecule has 1 saturated heterocycles. The molecule has 0 spiro atoms. The van der Waals surface area contributed by atoms with Crippen LogP contribution >= 0.6 is 11.6 Å². The molecule has 8 nitrogen and oxygen atoms in total. The lowest BCUT2D eigenvalue weighted by Gasteiger charge is -2.36. The first-order valence-corrected chi connectivity index (χ1v) is 10.4. The zero-order valence-electron chi connectivity index (χ0n) is 17.7. The molecular weight excluding hydrogens is 420 g/mol. The van der Waals surface area contributed by atoms with E-state index in [0.29, 0.717) is 29.5 Å². The van der Waals surface area contributed by atoms with Crippen molar-refractivity contribution < 1.29 is 19.1 Å². The van der Waals surface area contributed by atoms with Crippen molar-refractivity contribution in [3.63, 3.8) is 0 Å². The predicted octanol–water partition coefficient (Wildman–Crippen LogP) is 2.23. The van der Waals surface area contributed by atoms with Gasteiger partial charge >= 0.3 is 11.8 Å². The first-order valence-electron chi connectivity index (χ1n) is 10.0. The summed E-state index contributed by atoms with van der Waals surface area (Å²) < 4.78 is 10.6. The van der Waals surface area contributed by atoms with Crippen LogP contribution in [-0.2, 0) is 9.59 Å². The number of methoxy groups -OCH3 is 2. The number of anilines is 2. The molecular formula is C22H27ClN4O4. The van der Waals surface area contributed by atoms with Crippen LogP contribution in [0.1, 0.15) is 0 Å². The molecule has 3 rings (SSSR count). The van der Waals surface area contributed by atoms with E-state index in [1.807, 2.05) is 18.2 Å². The van der Waals surface area contributed by atoms with Crippen molar-refractivity contribution in [1.82, 2.24) is 10.2 Å². The average molecular weight is 447 g/mol. The molecule has 1 heterocycles. The molecule has 0 radical (unpaired) electrons. The molecule has 9 heteroatoms. The van der Waals surface area contributed by atoms with Gasteiger partial charge in [-0.1, -0.05) is 23.7 Å². The Labute approximate surface area is 187 Å². The second-order valence-electron chi connectivity index (χ2n) is 7.06. The molecule has 0 unspecified atom stereocenters. The lowest BCUT2D eigenvalue weighted by atomic mass is 10.2. The highest BCUT2D eigenvalue weighted by molar-refractivity contribution is 6.40. The first kappa shape index (κ1) is 22.7. The third-order valence-electron chi connectivity index (χ3n) is 5.13. The van der Waals surface area contributed by atoms with E-state index >= 15 is 0 Å². The normalized spacial score (nSPS) is 14.1. The van der Waals surface area contributed by atoms with Gasteiger partial charge in [-0.15, -0.1) is 0 Å². The summed E-state index contributed by atoms with van der Waals surface area (Å²) in [6, 6.07) is 12.8. The minimum Gasteiger partial charge on any atom is -0.495 e. The van der Waals surface area contributed by atoms with Gasteiger partial charge in [0.1, 0.15) is 11.5 Å². The first-order chi connectivity index (χ1) is 15.0. The molecule has 1 aliphatic heterocycles. The third kappa shape index (κ3) is 6.02. The van der Waals surface area contributed by atoms with Gasteiger partial charge in [-0.2, -0.15) is 0 Å². The van der Waals surface area contributed by atoms with E-state index in [4.69, 9.17) is 21.1 Å². The van der Waals surface area contributed by atoms with E-state index in [0.717, 1.165) is 37.6 Å². The molecule has 1 fully saturated rings. The lowest BCUT2D eigenvalue weighted by molar-refractivity contribution is -0.136. The minimum atomic E-state index is -0.762. The fraction of sp³-hybridized carbons (Fsp3) is 0.364. The molecule has 166 valence electrons. The topological polar surface area (TPSA) is 83.1 Å². The van der Waals surface area contributed by atoms with Gasteiger partial charge in [0.05, 0.1) is 25.6 Å². The van der Waals surface area contributed by atoms with Gasteiger partial charge in [-0.25, -0.2) is 0 Å². The zero-order chi connectivity index (χ0) is 22.2. The zero-order valence-corrected chi connectivity index (χ0v) is 18.4. The third-order valence-corrected chi connectivity index (χ3v) is 5.36. The molecule has 0 bridgehead atoms. The Kier molecular flexibility index (Phi) is 7.97.